The van der Waals surface area contributed by atoms with Crippen LogP contribution in [0.1, 0.15) is 76.0 Å². The van der Waals surface area contributed by atoms with Crippen LogP contribution in [-0.2, 0) is 25.9 Å². The van der Waals surface area contributed by atoms with Crippen molar-refractivity contribution in [1.82, 2.24) is 4.98 Å². The van der Waals surface area contributed by atoms with Crippen LogP contribution in [0.2, 0.25) is 0 Å². The molecule has 2 heteroatoms. The normalized spacial score (nSPS) is 12.0. The van der Waals surface area contributed by atoms with Gasteiger partial charge in [-0.25, -0.2) is 0 Å². The number of pyridine rings is 1. The molecule has 0 aliphatic carbocycles. The number of hydrogen-bond acceptors (Lipinski definition) is 2. The van der Waals surface area contributed by atoms with E-state index >= 15 is 0 Å². The largest absolute Gasteiger partial charge is 0.392 e. The van der Waals surface area contributed by atoms with Crippen LogP contribution in [0, 0.1) is 18.3 Å². The van der Waals surface area contributed by atoms with Crippen molar-refractivity contribution >= 4 is 0 Å². The molecular formula is C25H37NO. The molecule has 0 saturated heterocycles. The molecule has 1 heterocycles. The van der Waals surface area contributed by atoms with Gasteiger partial charge in [0.15, 0.2) is 0 Å². The summed E-state index contributed by atoms with van der Waals surface area (Å²) >= 11 is 0. The molecule has 27 heavy (non-hydrogen) atoms. The maximum absolute atomic E-state index is 10.3. The molecule has 1 aromatic carbocycles. The van der Waals surface area contributed by atoms with E-state index in [1.807, 2.05) is 0 Å². The highest BCUT2D eigenvalue weighted by Gasteiger charge is 2.24. The van der Waals surface area contributed by atoms with Gasteiger partial charge in [-0.1, -0.05) is 77.8 Å². The number of rotatable bonds is 7. The summed E-state index contributed by atoms with van der Waals surface area (Å²) in [5, 5.41) is 10.3. The van der Waals surface area contributed by atoms with Crippen LogP contribution < -0.4 is 0 Å². The Hall–Kier alpha value is -1.67. The highest BCUT2D eigenvalue weighted by molar-refractivity contribution is 5.73. The second kappa shape index (κ2) is 9.01. The van der Waals surface area contributed by atoms with Gasteiger partial charge >= 0.3 is 0 Å². The third-order valence-corrected chi connectivity index (χ3v) is 4.86. The highest BCUT2D eigenvalue weighted by Crippen LogP contribution is 2.37. The quantitative estimate of drug-likeness (QED) is 0.624. The Bertz CT molecular complexity index is 751. The lowest BCUT2D eigenvalue weighted by Gasteiger charge is -2.27. The molecule has 1 N–H and O–H groups in total. The fraction of sp³-hybridized carbons (Fsp3) is 0.560. The molecule has 0 bridgehead atoms. The maximum atomic E-state index is 10.3. The molecular weight excluding hydrogens is 330 g/mol. The first kappa shape index (κ1) is 21.6. The molecule has 148 valence electrons. The van der Waals surface area contributed by atoms with E-state index in [1.165, 1.54) is 27.9 Å². The van der Waals surface area contributed by atoms with E-state index in [-0.39, 0.29) is 12.0 Å². The van der Waals surface area contributed by atoms with E-state index in [4.69, 9.17) is 4.98 Å². The van der Waals surface area contributed by atoms with Crippen molar-refractivity contribution in [1.29, 1.82) is 0 Å². The van der Waals surface area contributed by atoms with E-state index in [1.54, 1.807) is 0 Å². The zero-order chi connectivity index (χ0) is 20.2. The molecule has 0 atom stereocenters. The lowest BCUT2D eigenvalue weighted by Crippen LogP contribution is -2.17. The minimum atomic E-state index is 0.0463. The Morgan fingerprint density at radius 1 is 1.00 bits per heavy atom. The van der Waals surface area contributed by atoms with Gasteiger partial charge in [0.25, 0.3) is 0 Å². The number of aliphatic hydroxyl groups excluding tert-OH is 1. The third-order valence-electron chi connectivity index (χ3n) is 4.86. The van der Waals surface area contributed by atoms with Crippen LogP contribution in [-0.4, -0.2) is 10.1 Å². The first-order valence-electron chi connectivity index (χ1n) is 10.4. The van der Waals surface area contributed by atoms with E-state index in [2.05, 4.69) is 72.7 Å². The van der Waals surface area contributed by atoms with Gasteiger partial charge in [0.05, 0.1) is 6.61 Å². The lowest BCUT2D eigenvalue weighted by molar-refractivity contribution is 0.280. The first-order chi connectivity index (χ1) is 12.7. The van der Waals surface area contributed by atoms with E-state index in [0.717, 1.165) is 36.9 Å². The molecule has 0 spiro atoms. The zero-order valence-corrected chi connectivity index (χ0v) is 18.3. The van der Waals surface area contributed by atoms with Crippen molar-refractivity contribution in [3.63, 3.8) is 0 Å². The molecule has 0 radical (unpaired) electrons. The summed E-state index contributed by atoms with van der Waals surface area (Å²) < 4.78 is 0. The predicted molar refractivity (Wildman–Crippen MR) is 116 cm³/mol. The standard InChI is InChI=1S/C25H37NO/c1-8-9-22-21(16-27)24(19-12-10-18(4)11-13-19)20(15-25(5,6)7)23(26-22)14-17(2)3/h10-13,17,27H,8-9,14-16H2,1-7H3. The summed E-state index contributed by atoms with van der Waals surface area (Å²) in [6, 6.07) is 8.73. The van der Waals surface area contributed by atoms with Gasteiger partial charge in [-0.15, -0.1) is 0 Å². The van der Waals surface area contributed by atoms with Gasteiger partial charge in [0, 0.05) is 17.0 Å². The van der Waals surface area contributed by atoms with Crippen molar-refractivity contribution in [3.05, 3.63) is 52.3 Å². The maximum Gasteiger partial charge on any atom is 0.0705 e. The van der Waals surface area contributed by atoms with Gasteiger partial charge in [0.2, 0.25) is 0 Å². The molecule has 2 aromatic rings. The molecule has 0 saturated carbocycles. The zero-order valence-electron chi connectivity index (χ0n) is 18.3. The fourth-order valence-corrected chi connectivity index (χ4v) is 3.73. The summed E-state index contributed by atoms with van der Waals surface area (Å²) in [6.07, 6.45) is 3.89. The van der Waals surface area contributed by atoms with Gasteiger partial charge < -0.3 is 5.11 Å². The summed E-state index contributed by atoms with van der Waals surface area (Å²) in [7, 11) is 0. The van der Waals surface area contributed by atoms with Crippen molar-refractivity contribution < 1.29 is 5.11 Å². The smallest absolute Gasteiger partial charge is 0.0705 e. The Labute approximate surface area is 166 Å². The van der Waals surface area contributed by atoms with Crippen LogP contribution in [0.25, 0.3) is 11.1 Å². The van der Waals surface area contributed by atoms with Crippen LogP contribution in [0.3, 0.4) is 0 Å². The number of nitrogens with zero attached hydrogens (tertiary/aromatic N) is 1. The monoisotopic (exact) mass is 367 g/mol. The van der Waals surface area contributed by atoms with E-state index < -0.39 is 0 Å². The van der Waals surface area contributed by atoms with Gasteiger partial charge in [-0.05, 0) is 54.2 Å². The average molecular weight is 368 g/mol. The fourth-order valence-electron chi connectivity index (χ4n) is 3.73. The summed E-state index contributed by atoms with van der Waals surface area (Å²) in [5.74, 6) is 0.552. The molecule has 2 rings (SSSR count). The van der Waals surface area contributed by atoms with Gasteiger partial charge in [-0.3, -0.25) is 4.98 Å². The number of aliphatic hydroxyl groups is 1. The third kappa shape index (κ3) is 5.65. The second-order valence-electron chi connectivity index (χ2n) is 9.45. The van der Waals surface area contributed by atoms with Crippen LogP contribution >= 0.6 is 0 Å². The molecule has 0 aliphatic rings. The van der Waals surface area contributed by atoms with Crippen molar-refractivity contribution in [2.24, 2.45) is 11.3 Å². The van der Waals surface area contributed by atoms with Crippen LogP contribution in [0.4, 0.5) is 0 Å². The minimum absolute atomic E-state index is 0.0463. The Kier molecular flexibility index (Phi) is 7.22. The number of aryl methyl sites for hydroxylation is 2. The van der Waals surface area contributed by atoms with Crippen molar-refractivity contribution in [3.8, 4) is 11.1 Å². The molecule has 0 amide bonds. The van der Waals surface area contributed by atoms with Crippen LogP contribution in [0.15, 0.2) is 24.3 Å². The topological polar surface area (TPSA) is 33.1 Å². The number of hydrogen-bond donors (Lipinski definition) is 1. The molecule has 1 aromatic heterocycles. The molecule has 0 aliphatic heterocycles. The average Bonchev–Trinajstić information content (AvgIpc) is 2.56. The number of aromatic nitrogens is 1. The SMILES string of the molecule is CCCc1nc(CC(C)C)c(CC(C)(C)C)c(-c2ccc(C)cc2)c1CO. The minimum Gasteiger partial charge on any atom is -0.392 e. The number of benzene rings is 1. The predicted octanol–water partition coefficient (Wildman–Crippen LogP) is 6.29. The van der Waals surface area contributed by atoms with Gasteiger partial charge in [0.1, 0.15) is 0 Å². The lowest BCUT2D eigenvalue weighted by atomic mass is 9.80. The van der Waals surface area contributed by atoms with Crippen molar-refractivity contribution in [2.45, 2.75) is 80.8 Å². The molecule has 0 fully saturated rings. The Balaban J connectivity index is 2.83. The highest BCUT2D eigenvalue weighted by atomic mass is 16.3. The van der Waals surface area contributed by atoms with E-state index in [9.17, 15) is 5.11 Å². The second-order valence-corrected chi connectivity index (χ2v) is 9.45. The molecule has 2 nitrogen and oxygen atoms in total. The molecule has 0 unspecified atom stereocenters. The van der Waals surface area contributed by atoms with Crippen molar-refractivity contribution in [2.75, 3.05) is 0 Å². The summed E-state index contributed by atoms with van der Waals surface area (Å²) in [4.78, 5) is 5.10. The summed E-state index contributed by atoms with van der Waals surface area (Å²) in [6.45, 7) is 15.7. The van der Waals surface area contributed by atoms with E-state index in [0.29, 0.717) is 5.92 Å². The van der Waals surface area contributed by atoms with Gasteiger partial charge in [-0.2, -0.15) is 0 Å². The Morgan fingerprint density at radius 2 is 1.63 bits per heavy atom. The Morgan fingerprint density at radius 3 is 2.11 bits per heavy atom. The summed E-state index contributed by atoms with van der Waals surface area (Å²) in [5.41, 5.74) is 8.48. The van der Waals surface area contributed by atoms with Crippen LogP contribution in [0.5, 0.6) is 0 Å². The first-order valence-corrected chi connectivity index (χ1v) is 10.4.